The average Bonchev–Trinajstić information content (AvgIpc) is 3.16. The first-order chi connectivity index (χ1) is 13.8. The van der Waals surface area contributed by atoms with Gasteiger partial charge in [-0.1, -0.05) is 29.8 Å². The van der Waals surface area contributed by atoms with Crippen LogP contribution >= 0.6 is 35.3 Å². The molecule has 1 aromatic heterocycles. The largest absolute Gasteiger partial charge is 0.434 e. The van der Waals surface area contributed by atoms with Crippen LogP contribution in [0.5, 0.6) is 0 Å². The molecule has 1 aliphatic rings. The first kappa shape index (κ1) is 24.9. The van der Waals surface area contributed by atoms with E-state index >= 15 is 0 Å². The van der Waals surface area contributed by atoms with Crippen LogP contribution in [0.2, 0.25) is 0 Å². The summed E-state index contributed by atoms with van der Waals surface area (Å²) in [6, 6.07) is 8.87. The van der Waals surface area contributed by atoms with Crippen LogP contribution in [0, 0.1) is 6.92 Å². The number of nitrogens with zero attached hydrogens (tertiary/aromatic N) is 3. The van der Waals surface area contributed by atoms with Crippen molar-refractivity contribution in [1.82, 2.24) is 20.5 Å². The van der Waals surface area contributed by atoms with Crippen LogP contribution in [0.25, 0.3) is 0 Å². The Morgan fingerprint density at radius 2 is 2.03 bits per heavy atom. The summed E-state index contributed by atoms with van der Waals surface area (Å²) in [5.74, 6) is 0.589. The highest BCUT2D eigenvalue weighted by Gasteiger charge is 2.33. The summed E-state index contributed by atoms with van der Waals surface area (Å²) < 4.78 is 37.9. The Labute approximate surface area is 196 Å². The molecule has 2 heterocycles. The molecular formula is C20H27F3IN5S. The number of benzene rings is 1. The normalized spacial score (nSPS) is 16.2. The number of guanidine groups is 1. The molecule has 0 bridgehead atoms. The van der Waals surface area contributed by atoms with E-state index in [0.717, 1.165) is 49.2 Å². The minimum Gasteiger partial charge on any atom is -0.354 e. The highest BCUT2D eigenvalue weighted by molar-refractivity contribution is 14.0. The first-order valence-corrected chi connectivity index (χ1v) is 10.5. The van der Waals surface area contributed by atoms with Gasteiger partial charge in [0.15, 0.2) is 11.7 Å². The lowest BCUT2D eigenvalue weighted by atomic mass is 10.0. The third-order valence-corrected chi connectivity index (χ3v) is 5.74. The number of nitrogens with one attached hydrogen (secondary N) is 2. The van der Waals surface area contributed by atoms with E-state index in [1.54, 1.807) is 7.05 Å². The maximum atomic E-state index is 12.6. The molecular weight excluding hydrogens is 526 g/mol. The molecule has 1 aliphatic heterocycles. The smallest absolute Gasteiger partial charge is 0.354 e. The fourth-order valence-corrected chi connectivity index (χ4v) is 4.11. The van der Waals surface area contributed by atoms with Gasteiger partial charge in [0, 0.05) is 38.1 Å². The van der Waals surface area contributed by atoms with Crippen molar-refractivity contribution in [3.8, 4) is 0 Å². The zero-order chi connectivity index (χ0) is 20.9. The zero-order valence-electron chi connectivity index (χ0n) is 17.0. The Bertz CT molecular complexity index is 832. The molecule has 1 saturated heterocycles. The van der Waals surface area contributed by atoms with E-state index in [1.165, 1.54) is 11.1 Å². The topological polar surface area (TPSA) is 52.6 Å². The van der Waals surface area contributed by atoms with Crippen LogP contribution in [-0.2, 0) is 19.3 Å². The van der Waals surface area contributed by atoms with Gasteiger partial charge >= 0.3 is 6.18 Å². The lowest BCUT2D eigenvalue weighted by Gasteiger charge is -2.33. The van der Waals surface area contributed by atoms with Gasteiger partial charge in [-0.15, -0.1) is 35.3 Å². The van der Waals surface area contributed by atoms with Crippen LogP contribution in [0.3, 0.4) is 0 Å². The molecule has 0 aliphatic carbocycles. The van der Waals surface area contributed by atoms with Crippen molar-refractivity contribution in [3.63, 3.8) is 0 Å². The molecule has 30 heavy (non-hydrogen) atoms. The number of aromatic nitrogens is 1. The lowest BCUT2D eigenvalue weighted by Crippen LogP contribution is -2.48. The highest BCUT2D eigenvalue weighted by atomic mass is 127. The summed E-state index contributed by atoms with van der Waals surface area (Å²) in [7, 11) is 1.66. The molecule has 166 valence electrons. The maximum absolute atomic E-state index is 12.6. The average molecular weight is 553 g/mol. The van der Waals surface area contributed by atoms with Crippen molar-refractivity contribution in [3.05, 3.63) is 51.5 Å². The monoisotopic (exact) mass is 553 g/mol. The summed E-state index contributed by atoms with van der Waals surface area (Å²) in [6.07, 6.45) is -2.43. The fourth-order valence-electron chi connectivity index (χ4n) is 3.37. The van der Waals surface area contributed by atoms with E-state index in [4.69, 9.17) is 0 Å². The quantitative estimate of drug-likeness (QED) is 0.327. The molecule has 2 aromatic rings. The Morgan fingerprint density at radius 3 is 2.63 bits per heavy atom. The maximum Gasteiger partial charge on any atom is 0.434 e. The highest BCUT2D eigenvalue weighted by Crippen LogP contribution is 2.29. The van der Waals surface area contributed by atoms with E-state index < -0.39 is 11.9 Å². The van der Waals surface area contributed by atoms with Gasteiger partial charge in [-0.2, -0.15) is 13.2 Å². The Kier molecular flexibility index (Phi) is 9.35. The van der Waals surface area contributed by atoms with Gasteiger partial charge in [-0.3, -0.25) is 9.89 Å². The molecule has 1 fully saturated rings. The predicted octanol–water partition coefficient (Wildman–Crippen LogP) is 4.42. The second kappa shape index (κ2) is 11.3. The summed E-state index contributed by atoms with van der Waals surface area (Å²) in [6.45, 7) is 5.25. The number of hydrogen-bond acceptors (Lipinski definition) is 4. The van der Waals surface area contributed by atoms with Gasteiger partial charge in [-0.25, -0.2) is 4.98 Å². The van der Waals surface area contributed by atoms with Crippen LogP contribution in [0.15, 0.2) is 34.6 Å². The number of aryl methyl sites for hydroxylation is 1. The standard InChI is InChI=1S/C20H26F3N5S.HI/c1-14-4-3-5-15(10-14)12-28-8-6-16(7-9-28)26-19(24-2)25-11-18-27-17(13-29-18)20(21,22)23;/h3-5,10,13,16H,6-9,11-12H2,1-2H3,(H2,24,25,26);1H. The first-order valence-electron chi connectivity index (χ1n) is 9.60. The van der Waals surface area contributed by atoms with E-state index in [1.807, 2.05) is 0 Å². The van der Waals surface area contributed by atoms with Crippen molar-refractivity contribution in [2.24, 2.45) is 4.99 Å². The van der Waals surface area contributed by atoms with Crippen LogP contribution in [0.1, 0.15) is 34.7 Å². The molecule has 5 nitrogen and oxygen atoms in total. The van der Waals surface area contributed by atoms with Crippen molar-refractivity contribution in [2.75, 3.05) is 20.1 Å². The summed E-state index contributed by atoms with van der Waals surface area (Å²) in [5, 5.41) is 7.86. The van der Waals surface area contributed by atoms with E-state index in [-0.39, 0.29) is 36.6 Å². The van der Waals surface area contributed by atoms with Gasteiger partial charge in [0.2, 0.25) is 0 Å². The van der Waals surface area contributed by atoms with Gasteiger partial charge in [0.1, 0.15) is 5.01 Å². The molecule has 10 heteroatoms. The van der Waals surface area contributed by atoms with E-state index in [0.29, 0.717) is 11.0 Å². The molecule has 1 aromatic carbocycles. The number of piperidine rings is 1. The van der Waals surface area contributed by atoms with Gasteiger partial charge in [0.25, 0.3) is 0 Å². The predicted molar refractivity (Wildman–Crippen MR) is 125 cm³/mol. The minimum atomic E-state index is -4.40. The Morgan fingerprint density at radius 1 is 1.30 bits per heavy atom. The van der Waals surface area contributed by atoms with Gasteiger partial charge in [0.05, 0.1) is 6.54 Å². The summed E-state index contributed by atoms with van der Waals surface area (Å²) >= 11 is 0.994. The molecule has 3 rings (SSSR count). The molecule has 0 radical (unpaired) electrons. The third-order valence-electron chi connectivity index (χ3n) is 4.89. The Hall–Kier alpha value is -1.40. The number of halogens is 4. The number of likely N-dealkylation sites (tertiary alicyclic amines) is 1. The molecule has 0 spiro atoms. The third kappa shape index (κ3) is 7.38. The second-order valence-corrected chi connectivity index (χ2v) is 8.18. The number of thiazole rings is 1. The number of aliphatic imine (C=N–C) groups is 1. The molecule has 0 unspecified atom stereocenters. The molecule has 0 amide bonds. The molecule has 0 atom stereocenters. The van der Waals surface area contributed by atoms with E-state index in [9.17, 15) is 13.2 Å². The second-order valence-electron chi connectivity index (χ2n) is 7.23. The van der Waals surface area contributed by atoms with E-state index in [2.05, 4.69) is 56.7 Å². The number of alkyl halides is 3. The SMILES string of the molecule is CN=C(NCc1nc(C(F)(F)F)cs1)NC1CCN(Cc2cccc(C)c2)CC1.I. The van der Waals surface area contributed by atoms with Crippen molar-refractivity contribution < 1.29 is 13.2 Å². The number of hydrogen-bond donors (Lipinski definition) is 2. The Balaban J connectivity index is 0.00000320. The molecule has 0 saturated carbocycles. The van der Waals surface area contributed by atoms with Crippen LogP contribution in [0.4, 0.5) is 13.2 Å². The molecule has 2 N–H and O–H groups in total. The van der Waals surface area contributed by atoms with Gasteiger partial charge < -0.3 is 10.6 Å². The number of rotatable bonds is 5. The minimum absolute atomic E-state index is 0. The fraction of sp³-hybridized carbons (Fsp3) is 0.500. The van der Waals surface area contributed by atoms with Crippen molar-refractivity contribution >= 4 is 41.3 Å². The van der Waals surface area contributed by atoms with Gasteiger partial charge in [-0.05, 0) is 25.3 Å². The van der Waals surface area contributed by atoms with Crippen LogP contribution in [-0.4, -0.2) is 42.0 Å². The lowest BCUT2D eigenvalue weighted by molar-refractivity contribution is -0.140. The summed E-state index contributed by atoms with van der Waals surface area (Å²) in [4.78, 5) is 10.3. The zero-order valence-corrected chi connectivity index (χ0v) is 20.1. The van der Waals surface area contributed by atoms with Crippen LogP contribution < -0.4 is 10.6 Å². The van der Waals surface area contributed by atoms with Crippen molar-refractivity contribution in [1.29, 1.82) is 0 Å². The summed E-state index contributed by atoms with van der Waals surface area (Å²) in [5.41, 5.74) is 1.76. The van der Waals surface area contributed by atoms with Crippen molar-refractivity contribution in [2.45, 2.75) is 45.1 Å².